The number of rotatable bonds is 4. The molecule has 0 radical (unpaired) electrons. The van der Waals surface area contributed by atoms with Crippen LogP contribution in [-0.4, -0.2) is 19.5 Å². The van der Waals surface area contributed by atoms with Crippen molar-refractivity contribution in [1.29, 1.82) is 0 Å². The van der Waals surface area contributed by atoms with Gasteiger partial charge in [0, 0.05) is 30.5 Å². The summed E-state index contributed by atoms with van der Waals surface area (Å²) < 4.78 is 2.10. The second-order valence-corrected chi connectivity index (χ2v) is 5.44. The zero-order valence-corrected chi connectivity index (χ0v) is 12.8. The Bertz CT molecular complexity index is 951. The van der Waals surface area contributed by atoms with Gasteiger partial charge >= 0.3 is 0 Å². The molecule has 0 unspecified atom stereocenters. The molecule has 114 valence electrons. The van der Waals surface area contributed by atoms with Gasteiger partial charge in [-0.15, -0.1) is 0 Å². The summed E-state index contributed by atoms with van der Waals surface area (Å²) in [6, 6.07) is 14.4. The zero-order chi connectivity index (χ0) is 15.6. The van der Waals surface area contributed by atoms with Crippen molar-refractivity contribution in [3.8, 4) is 5.69 Å². The average molecular weight is 303 g/mol. The molecule has 0 aliphatic rings. The second-order valence-electron chi connectivity index (χ2n) is 5.44. The summed E-state index contributed by atoms with van der Waals surface area (Å²) in [5.41, 5.74) is 3.23. The molecule has 0 spiro atoms. The van der Waals surface area contributed by atoms with Crippen LogP contribution in [0.25, 0.3) is 16.7 Å². The molecule has 5 heteroatoms. The molecule has 3 aromatic heterocycles. The molecule has 4 aromatic rings. The molecule has 0 amide bonds. The molecule has 0 atom stereocenters. The second kappa shape index (κ2) is 5.61. The average Bonchev–Trinajstić information content (AvgIpc) is 3.21. The van der Waals surface area contributed by atoms with E-state index in [1.165, 1.54) is 5.56 Å². The number of imidazole rings is 1. The van der Waals surface area contributed by atoms with Gasteiger partial charge in [-0.05, 0) is 36.8 Å². The molecule has 0 aliphatic carbocycles. The molecule has 1 aromatic carbocycles. The van der Waals surface area contributed by atoms with Crippen molar-refractivity contribution in [2.75, 3.05) is 5.32 Å². The molecule has 3 heterocycles. The van der Waals surface area contributed by atoms with Crippen molar-refractivity contribution in [3.63, 3.8) is 0 Å². The van der Waals surface area contributed by atoms with Crippen LogP contribution in [0.5, 0.6) is 0 Å². The lowest BCUT2D eigenvalue weighted by molar-refractivity contribution is 0.947. The maximum absolute atomic E-state index is 4.57. The SMILES string of the molecule is Cc1nccn1-c1ccccc1CNc1ccc2cc[nH]c2n1. The predicted octanol–water partition coefficient (Wildman–Crippen LogP) is 3.67. The first-order valence-electron chi connectivity index (χ1n) is 7.57. The summed E-state index contributed by atoms with van der Waals surface area (Å²) in [6.45, 7) is 2.71. The lowest BCUT2D eigenvalue weighted by Gasteiger charge is -2.13. The number of aromatic amines is 1. The van der Waals surface area contributed by atoms with E-state index in [4.69, 9.17) is 0 Å². The van der Waals surface area contributed by atoms with E-state index in [0.717, 1.165) is 28.4 Å². The highest BCUT2D eigenvalue weighted by atomic mass is 15.1. The monoisotopic (exact) mass is 303 g/mol. The number of benzene rings is 1. The van der Waals surface area contributed by atoms with Crippen molar-refractivity contribution in [2.45, 2.75) is 13.5 Å². The van der Waals surface area contributed by atoms with Gasteiger partial charge < -0.3 is 14.9 Å². The Hall–Kier alpha value is -3.08. The number of hydrogen-bond acceptors (Lipinski definition) is 3. The van der Waals surface area contributed by atoms with Gasteiger partial charge in [0.2, 0.25) is 0 Å². The number of pyridine rings is 1. The van der Waals surface area contributed by atoms with Crippen LogP contribution < -0.4 is 5.32 Å². The third-order valence-electron chi connectivity index (χ3n) is 3.95. The molecule has 0 saturated heterocycles. The number of hydrogen-bond donors (Lipinski definition) is 2. The number of aryl methyl sites for hydroxylation is 1. The largest absolute Gasteiger partial charge is 0.366 e. The molecule has 0 fully saturated rings. The van der Waals surface area contributed by atoms with Gasteiger partial charge in [-0.3, -0.25) is 0 Å². The first kappa shape index (κ1) is 13.6. The molecule has 0 aliphatic heterocycles. The number of fused-ring (bicyclic) bond motifs is 1. The Kier molecular flexibility index (Phi) is 3.31. The fraction of sp³-hybridized carbons (Fsp3) is 0.111. The molecule has 5 nitrogen and oxygen atoms in total. The summed E-state index contributed by atoms with van der Waals surface area (Å²) in [4.78, 5) is 12.0. The number of aromatic nitrogens is 4. The van der Waals surface area contributed by atoms with Gasteiger partial charge in [-0.25, -0.2) is 9.97 Å². The number of nitrogens with one attached hydrogen (secondary N) is 2. The van der Waals surface area contributed by atoms with Gasteiger partial charge in [-0.1, -0.05) is 18.2 Å². The third-order valence-corrected chi connectivity index (χ3v) is 3.95. The fourth-order valence-electron chi connectivity index (χ4n) is 2.74. The van der Waals surface area contributed by atoms with Crippen LogP contribution in [0.3, 0.4) is 0 Å². The van der Waals surface area contributed by atoms with E-state index in [1.54, 1.807) is 0 Å². The minimum absolute atomic E-state index is 0.701. The highest BCUT2D eigenvalue weighted by Gasteiger charge is 2.07. The van der Waals surface area contributed by atoms with Gasteiger partial charge in [-0.2, -0.15) is 0 Å². The summed E-state index contributed by atoms with van der Waals surface area (Å²) >= 11 is 0. The van der Waals surface area contributed by atoms with Crippen molar-refractivity contribution in [3.05, 3.63) is 72.4 Å². The minimum Gasteiger partial charge on any atom is -0.366 e. The lowest BCUT2D eigenvalue weighted by Crippen LogP contribution is -2.06. The van der Waals surface area contributed by atoms with Gasteiger partial charge in [0.05, 0.1) is 5.69 Å². The Labute approximate surface area is 134 Å². The van der Waals surface area contributed by atoms with E-state index < -0.39 is 0 Å². The van der Waals surface area contributed by atoms with Crippen LogP contribution in [0.4, 0.5) is 5.82 Å². The van der Waals surface area contributed by atoms with Crippen molar-refractivity contribution < 1.29 is 0 Å². The van der Waals surface area contributed by atoms with Crippen molar-refractivity contribution in [2.24, 2.45) is 0 Å². The van der Waals surface area contributed by atoms with Crippen LogP contribution in [0.2, 0.25) is 0 Å². The predicted molar refractivity (Wildman–Crippen MR) is 91.7 cm³/mol. The number of H-pyrrole nitrogens is 1. The van der Waals surface area contributed by atoms with Gasteiger partial charge in [0.15, 0.2) is 0 Å². The quantitative estimate of drug-likeness (QED) is 0.605. The Morgan fingerprint density at radius 3 is 2.91 bits per heavy atom. The zero-order valence-electron chi connectivity index (χ0n) is 12.8. The maximum atomic E-state index is 4.57. The van der Waals surface area contributed by atoms with Crippen LogP contribution >= 0.6 is 0 Å². The molecule has 23 heavy (non-hydrogen) atoms. The first-order chi connectivity index (χ1) is 11.3. The van der Waals surface area contributed by atoms with E-state index >= 15 is 0 Å². The van der Waals surface area contributed by atoms with Gasteiger partial charge in [0.1, 0.15) is 17.3 Å². The third kappa shape index (κ3) is 2.57. The number of para-hydroxylation sites is 1. The topological polar surface area (TPSA) is 58.5 Å². The molecule has 4 rings (SSSR count). The summed E-state index contributed by atoms with van der Waals surface area (Å²) in [5, 5.41) is 4.52. The Morgan fingerprint density at radius 1 is 1.13 bits per heavy atom. The lowest BCUT2D eigenvalue weighted by atomic mass is 10.1. The van der Waals surface area contributed by atoms with E-state index in [9.17, 15) is 0 Å². The molecule has 2 N–H and O–H groups in total. The van der Waals surface area contributed by atoms with Crippen molar-refractivity contribution in [1.82, 2.24) is 19.5 Å². The Balaban J connectivity index is 1.60. The van der Waals surface area contributed by atoms with Gasteiger partial charge in [0.25, 0.3) is 0 Å². The van der Waals surface area contributed by atoms with Crippen molar-refractivity contribution >= 4 is 16.9 Å². The number of nitrogens with zero attached hydrogens (tertiary/aromatic N) is 3. The fourth-order valence-corrected chi connectivity index (χ4v) is 2.74. The summed E-state index contributed by atoms with van der Waals surface area (Å²) in [6.07, 6.45) is 5.70. The minimum atomic E-state index is 0.701. The molecule has 0 bridgehead atoms. The van der Waals surface area contributed by atoms with E-state index in [0.29, 0.717) is 6.54 Å². The Morgan fingerprint density at radius 2 is 2.04 bits per heavy atom. The highest BCUT2D eigenvalue weighted by Crippen LogP contribution is 2.18. The van der Waals surface area contributed by atoms with E-state index in [2.05, 4.69) is 43.0 Å². The summed E-state index contributed by atoms with van der Waals surface area (Å²) in [5.74, 6) is 1.83. The molecular formula is C18H17N5. The number of anilines is 1. The summed E-state index contributed by atoms with van der Waals surface area (Å²) in [7, 11) is 0. The maximum Gasteiger partial charge on any atom is 0.139 e. The molecule has 0 saturated carbocycles. The van der Waals surface area contributed by atoms with Crippen LogP contribution in [0, 0.1) is 6.92 Å². The normalized spacial score (nSPS) is 11.0. The van der Waals surface area contributed by atoms with E-state index in [1.807, 2.05) is 49.8 Å². The first-order valence-corrected chi connectivity index (χ1v) is 7.57. The molecular weight excluding hydrogens is 286 g/mol. The highest BCUT2D eigenvalue weighted by molar-refractivity contribution is 5.77. The smallest absolute Gasteiger partial charge is 0.139 e. The standard InChI is InChI=1S/C18H17N5/c1-13-19-10-11-23(13)16-5-3-2-4-15(16)12-21-17-7-6-14-8-9-20-18(14)22-17/h2-11H,12H2,1H3,(H2,20,21,22). The van der Waals surface area contributed by atoms with Crippen LogP contribution in [0.1, 0.15) is 11.4 Å². The van der Waals surface area contributed by atoms with Crippen LogP contribution in [-0.2, 0) is 6.54 Å². The van der Waals surface area contributed by atoms with Crippen LogP contribution in [0.15, 0.2) is 61.1 Å². The van der Waals surface area contributed by atoms with E-state index in [-0.39, 0.29) is 0 Å².